The van der Waals surface area contributed by atoms with Crippen LogP contribution >= 0.6 is 0 Å². The van der Waals surface area contributed by atoms with Crippen molar-refractivity contribution in [3.05, 3.63) is 0 Å². The van der Waals surface area contributed by atoms with Crippen molar-refractivity contribution in [2.45, 2.75) is 45.1 Å². The number of carbonyl (C=O) groups excluding carboxylic acids is 1. The number of aliphatic hydroxyl groups is 1. The van der Waals surface area contributed by atoms with E-state index in [2.05, 4.69) is 5.32 Å². The molecule has 16 heavy (non-hydrogen) atoms. The zero-order chi connectivity index (χ0) is 12.2. The summed E-state index contributed by atoms with van der Waals surface area (Å²) in [6.07, 6.45) is 3.52. The van der Waals surface area contributed by atoms with E-state index in [9.17, 15) is 4.79 Å². The minimum absolute atomic E-state index is 0.0167. The minimum atomic E-state index is -0.254. The summed E-state index contributed by atoms with van der Waals surface area (Å²) in [7, 11) is 1.67. The van der Waals surface area contributed by atoms with Gasteiger partial charge in [-0.2, -0.15) is 0 Å². The Bertz CT molecular complexity index is 241. The zero-order valence-corrected chi connectivity index (χ0v) is 10.5. The lowest BCUT2D eigenvalue weighted by Gasteiger charge is -2.40. The van der Waals surface area contributed by atoms with Gasteiger partial charge in [0.1, 0.15) is 0 Å². The first-order valence-corrected chi connectivity index (χ1v) is 5.86. The zero-order valence-electron chi connectivity index (χ0n) is 10.5. The molecular formula is C12H23NO3. The lowest BCUT2D eigenvalue weighted by Crippen LogP contribution is -2.45. The summed E-state index contributed by atoms with van der Waals surface area (Å²) < 4.78 is 5.39. The van der Waals surface area contributed by atoms with Gasteiger partial charge in [0.25, 0.3) is 0 Å². The number of nitrogens with one attached hydrogen (secondary N) is 1. The number of carbonyl (C=O) groups is 1. The fourth-order valence-corrected chi connectivity index (χ4v) is 1.77. The van der Waals surface area contributed by atoms with Crippen LogP contribution in [-0.4, -0.2) is 36.9 Å². The standard InChI is InChI=1S/C12H23NO3/c1-11(2,9-14)8-13-10(15)7-12(16-3)5-4-6-12/h14H,4-9H2,1-3H3,(H,13,15). The van der Waals surface area contributed by atoms with Gasteiger partial charge < -0.3 is 15.2 Å². The lowest BCUT2D eigenvalue weighted by molar-refractivity contribution is -0.134. The van der Waals surface area contributed by atoms with E-state index in [1.165, 1.54) is 0 Å². The molecule has 0 bridgehead atoms. The summed E-state index contributed by atoms with van der Waals surface area (Å²) in [5.41, 5.74) is -0.469. The first-order valence-electron chi connectivity index (χ1n) is 5.86. The van der Waals surface area contributed by atoms with Crippen molar-refractivity contribution in [1.82, 2.24) is 5.32 Å². The lowest BCUT2D eigenvalue weighted by atomic mass is 9.77. The molecule has 0 radical (unpaired) electrons. The van der Waals surface area contributed by atoms with Crippen molar-refractivity contribution in [2.24, 2.45) is 5.41 Å². The quantitative estimate of drug-likeness (QED) is 0.716. The normalized spacial score (nSPS) is 19.0. The van der Waals surface area contributed by atoms with Crippen molar-refractivity contribution < 1.29 is 14.6 Å². The number of aliphatic hydroxyl groups excluding tert-OH is 1. The molecule has 0 aromatic rings. The van der Waals surface area contributed by atoms with E-state index in [4.69, 9.17) is 9.84 Å². The maximum absolute atomic E-state index is 11.7. The van der Waals surface area contributed by atoms with E-state index in [-0.39, 0.29) is 23.5 Å². The van der Waals surface area contributed by atoms with Crippen molar-refractivity contribution in [1.29, 1.82) is 0 Å². The number of rotatable bonds is 6. The molecule has 1 aliphatic rings. The third kappa shape index (κ3) is 3.46. The van der Waals surface area contributed by atoms with Gasteiger partial charge in [0.15, 0.2) is 0 Å². The van der Waals surface area contributed by atoms with Gasteiger partial charge in [-0.1, -0.05) is 13.8 Å². The smallest absolute Gasteiger partial charge is 0.222 e. The van der Waals surface area contributed by atoms with Gasteiger partial charge in [-0.15, -0.1) is 0 Å². The molecule has 1 saturated carbocycles. The molecule has 0 heterocycles. The monoisotopic (exact) mass is 229 g/mol. The molecule has 0 aromatic carbocycles. The van der Waals surface area contributed by atoms with Gasteiger partial charge in [-0.3, -0.25) is 4.79 Å². The Hall–Kier alpha value is -0.610. The van der Waals surface area contributed by atoms with Crippen LogP contribution in [0.4, 0.5) is 0 Å². The Morgan fingerprint density at radius 1 is 1.50 bits per heavy atom. The van der Waals surface area contributed by atoms with Crippen LogP contribution in [0, 0.1) is 5.41 Å². The summed E-state index contributed by atoms with van der Waals surface area (Å²) in [6.45, 7) is 4.41. The van der Waals surface area contributed by atoms with E-state index < -0.39 is 0 Å². The van der Waals surface area contributed by atoms with Crippen LogP contribution in [0.25, 0.3) is 0 Å². The summed E-state index contributed by atoms with van der Waals surface area (Å²) in [4.78, 5) is 11.7. The Balaban J connectivity index is 2.31. The molecule has 1 amide bonds. The number of ether oxygens (including phenoxy) is 1. The highest BCUT2D eigenvalue weighted by atomic mass is 16.5. The molecule has 0 atom stereocenters. The van der Waals surface area contributed by atoms with Crippen molar-refractivity contribution >= 4 is 5.91 Å². The van der Waals surface area contributed by atoms with Gasteiger partial charge in [-0.05, 0) is 19.3 Å². The first kappa shape index (κ1) is 13.5. The predicted molar refractivity (Wildman–Crippen MR) is 62.1 cm³/mol. The predicted octanol–water partition coefficient (Wildman–Crippen LogP) is 1.08. The maximum Gasteiger partial charge on any atom is 0.222 e. The summed E-state index contributed by atoms with van der Waals surface area (Å²) in [6, 6.07) is 0. The van der Waals surface area contributed by atoms with Gasteiger partial charge in [0.2, 0.25) is 5.91 Å². The van der Waals surface area contributed by atoms with E-state index >= 15 is 0 Å². The molecule has 94 valence electrons. The van der Waals surface area contributed by atoms with Crippen LogP contribution in [-0.2, 0) is 9.53 Å². The fourth-order valence-electron chi connectivity index (χ4n) is 1.77. The van der Waals surface area contributed by atoms with Crippen molar-refractivity contribution in [2.75, 3.05) is 20.3 Å². The van der Waals surface area contributed by atoms with E-state index in [1.54, 1.807) is 7.11 Å². The molecule has 2 N–H and O–H groups in total. The highest BCUT2D eigenvalue weighted by molar-refractivity contribution is 5.77. The molecule has 4 nitrogen and oxygen atoms in total. The molecule has 1 fully saturated rings. The van der Waals surface area contributed by atoms with E-state index in [0.717, 1.165) is 19.3 Å². The van der Waals surface area contributed by atoms with Gasteiger partial charge in [0, 0.05) is 25.7 Å². The number of hydrogen-bond acceptors (Lipinski definition) is 3. The second kappa shape index (κ2) is 5.15. The summed E-state index contributed by atoms with van der Waals surface area (Å²) in [5, 5.41) is 11.9. The Labute approximate surface area is 97.4 Å². The average Bonchev–Trinajstić information content (AvgIpc) is 2.21. The molecule has 0 aliphatic heterocycles. The summed E-state index contributed by atoms with van der Waals surface area (Å²) >= 11 is 0. The Morgan fingerprint density at radius 3 is 2.50 bits per heavy atom. The maximum atomic E-state index is 11.7. The number of hydrogen-bond donors (Lipinski definition) is 2. The second-order valence-electron chi connectivity index (χ2n) is 5.52. The molecule has 1 rings (SSSR count). The van der Waals surface area contributed by atoms with E-state index in [0.29, 0.717) is 13.0 Å². The Morgan fingerprint density at radius 2 is 2.12 bits per heavy atom. The van der Waals surface area contributed by atoms with Crippen LogP contribution < -0.4 is 5.32 Å². The minimum Gasteiger partial charge on any atom is -0.396 e. The van der Waals surface area contributed by atoms with Crippen LogP contribution in [0.1, 0.15) is 39.5 Å². The SMILES string of the molecule is COC1(CC(=O)NCC(C)(C)CO)CCC1. The highest BCUT2D eigenvalue weighted by Gasteiger charge is 2.39. The first-order chi connectivity index (χ1) is 7.43. The van der Waals surface area contributed by atoms with Crippen molar-refractivity contribution in [3.63, 3.8) is 0 Å². The third-order valence-corrected chi connectivity index (χ3v) is 3.37. The third-order valence-electron chi connectivity index (χ3n) is 3.37. The van der Waals surface area contributed by atoms with Gasteiger partial charge >= 0.3 is 0 Å². The van der Waals surface area contributed by atoms with Gasteiger partial charge in [0.05, 0.1) is 12.0 Å². The van der Waals surface area contributed by atoms with Crippen LogP contribution in [0.2, 0.25) is 0 Å². The average molecular weight is 229 g/mol. The molecule has 0 aromatic heterocycles. The second-order valence-corrected chi connectivity index (χ2v) is 5.52. The van der Waals surface area contributed by atoms with Crippen LogP contribution in [0.5, 0.6) is 0 Å². The topological polar surface area (TPSA) is 58.6 Å². The fraction of sp³-hybridized carbons (Fsp3) is 0.917. The molecule has 4 heteroatoms. The molecule has 0 spiro atoms. The molecule has 0 saturated heterocycles. The van der Waals surface area contributed by atoms with Gasteiger partial charge in [-0.25, -0.2) is 0 Å². The summed E-state index contributed by atoms with van der Waals surface area (Å²) in [5.74, 6) is 0.0167. The van der Waals surface area contributed by atoms with Crippen LogP contribution in [0.15, 0.2) is 0 Å². The Kier molecular flexibility index (Phi) is 4.33. The molecular weight excluding hydrogens is 206 g/mol. The number of amides is 1. The molecule has 1 aliphatic carbocycles. The van der Waals surface area contributed by atoms with Crippen molar-refractivity contribution in [3.8, 4) is 0 Å². The highest BCUT2D eigenvalue weighted by Crippen LogP contribution is 2.37. The molecule has 0 unspecified atom stereocenters. The number of methoxy groups -OCH3 is 1. The van der Waals surface area contributed by atoms with E-state index in [1.807, 2.05) is 13.8 Å². The van der Waals surface area contributed by atoms with Crippen LogP contribution in [0.3, 0.4) is 0 Å². The largest absolute Gasteiger partial charge is 0.396 e.